The zero-order valence-corrected chi connectivity index (χ0v) is 11.0. The number of rotatable bonds is 5. The van der Waals surface area contributed by atoms with Crippen LogP contribution in [0.1, 0.15) is 31.4 Å². The van der Waals surface area contributed by atoms with E-state index in [0.717, 1.165) is 12.0 Å². The fraction of sp³-hybridized carbons (Fsp3) is 0.467. The molecule has 98 valence electrons. The van der Waals surface area contributed by atoms with Crippen LogP contribution in [0.5, 0.6) is 0 Å². The molecule has 1 aromatic carbocycles. The van der Waals surface area contributed by atoms with E-state index in [9.17, 15) is 4.39 Å². The third-order valence-corrected chi connectivity index (χ3v) is 2.49. The second-order valence-corrected chi connectivity index (χ2v) is 4.54. The average Bonchev–Trinajstić information content (AvgIpc) is 2.33. The third-order valence-electron chi connectivity index (χ3n) is 2.49. The van der Waals surface area contributed by atoms with Gasteiger partial charge in [-0.05, 0) is 30.0 Å². The van der Waals surface area contributed by atoms with Gasteiger partial charge in [0.2, 0.25) is 0 Å². The lowest BCUT2D eigenvalue weighted by Crippen LogP contribution is -2.01. The standard InChI is InChI=1S/C15H20FNO/c1-12(2)7-9-18-11-14-5-6-15(16)10-13(14)4-3-8-17/h5-6,10,12H,7-9,11,17H2,1-2H3. The van der Waals surface area contributed by atoms with E-state index >= 15 is 0 Å². The second kappa shape index (κ2) is 7.86. The quantitative estimate of drug-likeness (QED) is 0.643. The van der Waals surface area contributed by atoms with Gasteiger partial charge in [-0.3, -0.25) is 0 Å². The summed E-state index contributed by atoms with van der Waals surface area (Å²) in [5.41, 5.74) is 6.88. The highest BCUT2D eigenvalue weighted by molar-refractivity contribution is 5.41. The molecule has 0 atom stereocenters. The van der Waals surface area contributed by atoms with Crippen molar-refractivity contribution >= 4 is 0 Å². The highest BCUT2D eigenvalue weighted by Crippen LogP contribution is 2.12. The van der Waals surface area contributed by atoms with Crippen LogP contribution >= 0.6 is 0 Å². The molecule has 0 amide bonds. The van der Waals surface area contributed by atoms with Crippen molar-refractivity contribution in [1.82, 2.24) is 0 Å². The van der Waals surface area contributed by atoms with E-state index in [1.165, 1.54) is 12.1 Å². The van der Waals surface area contributed by atoms with E-state index in [0.29, 0.717) is 24.7 Å². The Hall–Kier alpha value is -1.37. The monoisotopic (exact) mass is 249 g/mol. The van der Waals surface area contributed by atoms with E-state index in [1.54, 1.807) is 6.07 Å². The van der Waals surface area contributed by atoms with Crippen LogP contribution < -0.4 is 5.73 Å². The van der Waals surface area contributed by atoms with Crippen molar-refractivity contribution in [3.8, 4) is 11.8 Å². The maximum Gasteiger partial charge on any atom is 0.124 e. The molecule has 0 heterocycles. The van der Waals surface area contributed by atoms with E-state index in [1.807, 2.05) is 0 Å². The summed E-state index contributed by atoms with van der Waals surface area (Å²) in [6, 6.07) is 4.56. The van der Waals surface area contributed by atoms with Gasteiger partial charge >= 0.3 is 0 Å². The Morgan fingerprint density at radius 3 is 2.83 bits per heavy atom. The van der Waals surface area contributed by atoms with Crippen molar-refractivity contribution in [2.75, 3.05) is 13.2 Å². The molecule has 0 saturated heterocycles. The molecule has 0 unspecified atom stereocenters. The van der Waals surface area contributed by atoms with Gasteiger partial charge in [-0.1, -0.05) is 31.8 Å². The molecule has 0 aliphatic carbocycles. The molecule has 2 nitrogen and oxygen atoms in total. The molecule has 0 saturated carbocycles. The summed E-state index contributed by atoms with van der Waals surface area (Å²) in [6.45, 7) is 5.74. The van der Waals surface area contributed by atoms with Crippen molar-refractivity contribution in [3.05, 3.63) is 35.1 Å². The highest BCUT2D eigenvalue weighted by Gasteiger charge is 2.03. The first-order chi connectivity index (χ1) is 8.63. The Kier molecular flexibility index (Phi) is 6.42. The maximum absolute atomic E-state index is 13.1. The molecule has 0 aliphatic heterocycles. The first kappa shape index (κ1) is 14.7. The van der Waals surface area contributed by atoms with Gasteiger partial charge < -0.3 is 10.5 Å². The summed E-state index contributed by atoms with van der Waals surface area (Å²) < 4.78 is 18.7. The minimum atomic E-state index is -0.290. The summed E-state index contributed by atoms with van der Waals surface area (Å²) in [6.07, 6.45) is 1.02. The van der Waals surface area contributed by atoms with Crippen LogP contribution in [0.3, 0.4) is 0 Å². The molecule has 0 spiro atoms. The normalized spacial score (nSPS) is 10.3. The molecule has 0 fully saturated rings. The van der Waals surface area contributed by atoms with Crippen LogP contribution in [0, 0.1) is 23.6 Å². The summed E-state index contributed by atoms with van der Waals surface area (Å²) in [4.78, 5) is 0. The fourth-order valence-electron chi connectivity index (χ4n) is 1.44. The molecule has 2 N–H and O–H groups in total. The molecule has 1 aromatic rings. The van der Waals surface area contributed by atoms with Gasteiger partial charge in [0.25, 0.3) is 0 Å². The molecular weight excluding hydrogens is 229 g/mol. The number of ether oxygens (including phenoxy) is 1. The molecule has 1 rings (SSSR count). The molecule has 0 aliphatic rings. The van der Waals surface area contributed by atoms with Gasteiger partial charge in [0, 0.05) is 12.2 Å². The average molecular weight is 249 g/mol. The van der Waals surface area contributed by atoms with Crippen molar-refractivity contribution in [1.29, 1.82) is 0 Å². The molecule has 0 radical (unpaired) electrons. The van der Waals surface area contributed by atoms with Crippen molar-refractivity contribution in [3.63, 3.8) is 0 Å². The highest BCUT2D eigenvalue weighted by atomic mass is 19.1. The van der Waals surface area contributed by atoms with Gasteiger partial charge in [-0.15, -0.1) is 0 Å². The number of halogens is 1. The number of nitrogens with two attached hydrogens (primary N) is 1. The summed E-state index contributed by atoms with van der Waals surface area (Å²) in [5, 5.41) is 0. The topological polar surface area (TPSA) is 35.2 Å². The fourth-order valence-corrected chi connectivity index (χ4v) is 1.44. The minimum Gasteiger partial charge on any atom is -0.377 e. The van der Waals surface area contributed by atoms with Crippen LogP contribution in [-0.2, 0) is 11.3 Å². The van der Waals surface area contributed by atoms with Gasteiger partial charge in [0.1, 0.15) is 5.82 Å². The Labute approximate surface area is 108 Å². The lowest BCUT2D eigenvalue weighted by molar-refractivity contribution is 0.110. The van der Waals surface area contributed by atoms with E-state index in [4.69, 9.17) is 10.5 Å². The first-order valence-electron chi connectivity index (χ1n) is 6.18. The number of benzene rings is 1. The smallest absolute Gasteiger partial charge is 0.124 e. The Balaban J connectivity index is 2.63. The van der Waals surface area contributed by atoms with E-state index < -0.39 is 0 Å². The Bertz CT molecular complexity index is 432. The van der Waals surface area contributed by atoms with Crippen LogP contribution in [-0.4, -0.2) is 13.2 Å². The molecule has 18 heavy (non-hydrogen) atoms. The van der Waals surface area contributed by atoms with E-state index in [-0.39, 0.29) is 12.4 Å². The third kappa shape index (κ3) is 5.31. The summed E-state index contributed by atoms with van der Waals surface area (Å²) >= 11 is 0. The van der Waals surface area contributed by atoms with Crippen LogP contribution in [0.15, 0.2) is 18.2 Å². The maximum atomic E-state index is 13.1. The van der Waals surface area contributed by atoms with Gasteiger partial charge in [-0.2, -0.15) is 0 Å². The summed E-state index contributed by atoms with van der Waals surface area (Å²) in [7, 11) is 0. The molecule has 0 aromatic heterocycles. The summed E-state index contributed by atoms with van der Waals surface area (Å²) in [5.74, 6) is 5.94. The van der Waals surface area contributed by atoms with Crippen LogP contribution in [0.4, 0.5) is 4.39 Å². The number of hydrogen-bond donors (Lipinski definition) is 1. The van der Waals surface area contributed by atoms with E-state index in [2.05, 4.69) is 25.7 Å². The Morgan fingerprint density at radius 1 is 1.39 bits per heavy atom. The van der Waals surface area contributed by atoms with Crippen LogP contribution in [0.25, 0.3) is 0 Å². The van der Waals surface area contributed by atoms with Crippen molar-refractivity contribution in [2.24, 2.45) is 11.7 Å². The predicted molar refractivity (Wildman–Crippen MR) is 71.4 cm³/mol. The molecule has 3 heteroatoms. The van der Waals surface area contributed by atoms with Crippen molar-refractivity contribution < 1.29 is 9.13 Å². The zero-order chi connectivity index (χ0) is 13.4. The largest absolute Gasteiger partial charge is 0.377 e. The van der Waals surface area contributed by atoms with Crippen LogP contribution in [0.2, 0.25) is 0 Å². The van der Waals surface area contributed by atoms with Gasteiger partial charge in [0.05, 0.1) is 13.2 Å². The van der Waals surface area contributed by atoms with Gasteiger partial charge in [-0.25, -0.2) is 4.39 Å². The SMILES string of the molecule is CC(C)CCOCc1ccc(F)cc1C#CCN. The second-order valence-electron chi connectivity index (χ2n) is 4.54. The van der Waals surface area contributed by atoms with Gasteiger partial charge in [0.15, 0.2) is 0 Å². The Morgan fingerprint density at radius 2 is 2.17 bits per heavy atom. The molecular formula is C15H20FNO. The lowest BCUT2D eigenvalue weighted by atomic mass is 10.1. The number of hydrogen-bond acceptors (Lipinski definition) is 2. The first-order valence-corrected chi connectivity index (χ1v) is 6.18. The zero-order valence-electron chi connectivity index (χ0n) is 11.0. The minimum absolute atomic E-state index is 0.268. The predicted octanol–water partition coefficient (Wildman–Crippen LogP) is 2.70. The molecule has 0 bridgehead atoms. The van der Waals surface area contributed by atoms with Crippen molar-refractivity contribution in [2.45, 2.75) is 26.9 Å². The lowest BCUT2D eigenvalue weighted by Gasteiger charge is -2.08.